The first-order chi connectivity index (χ1) is 16.6. The lowest BCUT2D eigenvalue weighted by Crippen LogP contribution is -2.24. The molecule has 1 amide bonds. The first-order valence-corrected chi connectivity index (χ1v) is 14.2. The molecule has 1 aliphatic rings. The predicted molar refractivity (Wildman–Crippen MR) is 148 cm³/mol. The second-order valence-corrected chi connectivity index (χ2v) is 11.7. The molecular formula is C25H22Br2N2O3S2. The Morgan fingerprint density at radius 2 is 1.68 bits per heavy atom. The number of nitrogens with zero attached hydrogens (tertiary/aromatic N) is 1. The molecule has 0 radical (unpaired) electrons. The number of carbonyl (C=O) groups is 1. The Bertz CT molecular complexity index is 1120. The fourth-order valence-corrected chi connectivity index (χ4v) is 7.46. The van der Waals surface area contributed by atoms with Gasteiger partial charge in [-0.25, -0.2) is 5.43 Å². The van der Waals surface area contributed by atoms with E-state index in [1.807, 2.05) is 78.1 Å². The third-order valence-electron chi connectivity index (χ3n) is 4.79. The van der Waals surface area contributed by atoms with Crippen molar-refractivity contribution in [2.45, 2.75) is 11.2 Å². The van der Waals surface area contributed by atoms with Gasteiger partial charge in [-0.05, 0) is 72.8 Å². The molecule has 1 heterocycles. The van der Waals surface area contributed by atoms with E-state index in [1.54, 1.807) is 6.21 Å². The largest absolute Gasteiger partial charge is 0.487 e. The lowest BCUT2D eigenvalue weighted by Gasteiger charge is -2.11. The Kier molecular flexibility index (Phi) is 9.38. The number of hydrogen-bond donors (Lipinski definition) is 1. The van der Waals surface area contributed by atoms with Crippen molar-refractivity contribution < 1.29 is 14.3 Å². The third kappa shape index (κ3) is 7.28. The number of hydrazone groups is 1. The second-order valence-electron chi connectivity index (χ2n) is 7.31. The van der Waals surface area contributed by atoms with Crippen molar-refractivity contribution in [1.82, 2.24) is 5.43 Å². The van der Waals surface area contributed by atoms with Crippen molar-refractivity contribution in [3.63, 3.8) is 0 Å². The minimum absolute atomic E-state index is 0.108. The van der Waals surface area contributed by atoms with Crippen LogP contribution in [0.1, 0.15) is 21.3 Å². The summed E-state index contributed by atoms with van der Waals surface area (Å²) in [7, 11) is 0. The van der Waals surface area contributed by atoms with Gasteiger partial charge in [-0.1, -0.05) is 42.5 Å². The first-order valence-electron chi connectivity index (χ1n) is 10.5. The maximum Gasteiger partial charge on any atom is 0.277 e. The van der Waals surface area contributed by atoms with Crippen LogP contribution in [0.15, 0.2) is 80.8 Å². The molecule has 4 rings (SSSR count). The molecule has 1 saturated heterocycles. The number of carbonyl (C=O) groups excluding carboxylic acids is 1. The molecule has 0 unspecified atom stereocenters. The topological polar surface area (TPSA) is 59.9 Å². The van der Waals surface area contributed by atoms with Crippen LogP contribution in [0.3, 0.4) is 0 Å². The molecule has 3 aromatic carbocycles. The van der Waals surface area contributed by atoms with E-state index < -0.39 is 0 Å². The van der Waals surface area contributed by atoms with Gasteiger partial charge in [0.1, 0.15) is 18.1 Å². The average Bonchev–Trinajstić information content (AvgIpc) is 3.38. The van der Waals surface area contributed by atoms with Gasteiger partial charge in [0, 0.05) is 11.5 Å². The summed E-state index contributed by atoms with van der Waals surface area (Å²) in [5.74, 6) is 3.41. The van der Waals surface area contributed by atoms with Crippen LogP contribution in [0, 0.1) is 0 Å². The van der Waals surface area contributed by atoms with Crippen molar-refractivity contribution in [2.75, 3.05) is 18.1 Å². The predicted octanol–water partition coefficient (Wildman–Crippen LogP) is 6.80. The Labute approximate surface area is 224 Å². The molecule has 1 fully saturated rings. The Balaban J connectivity index is 1.25. The molecule has 0 aliphatic carbocycles. The highest BCUT2D eigenvalue weighted by atomic mass is 79.9. The van der Waals surface area contributed by atoms with Crippen molar-refractivity contribution in [3.8, 4) is 11.5 Å². The van der Waals surface area contributed by atoms with E-state index in [4.69, 9.17) is 9.47 Å². The maximum absolute atomic E-state index is 12.1. The summed E-state index contributed by atoms with van der Waals surface area (Å²) in [6.45, 7) is 0.353. The van der Waals surface area contributed by atoms with Crippen LogP contribution >= 0.6 is 55.4 Å². The number of nitrogens with one attached hydrogen (secondary N) is 1. The molecule has 176 valence electrons. The first kappa shape index (κ1) is 25.2. The van der Waals surface area contributed by atoms with Gasteiger partial charge >= 0.3 is 0 Å². The molecule has 9 heteroatoms. The molecule has 0 spiro atoms. The molecule has 3 aromatic rings. The van der Waals surface area contributed by atoms with Crippen LogP contribution in [0.2, 0.25) is 0 Å². The zero-order valence-electron chi connectivity index (χ0n) is 18.1. The summed E-state index contributed by atoms with van der Waals surface area (Å²) in [5.41, 5.74) is 5.65. The Hall–Kier alpha value is -1.94. The van der Waals surface area contributed by atoms with Gasteiger partial charge in [-0.15, -0.1) is 23.5 Å². The lowest BCUT2D eigenvalue weighted by molar-refractivity contribution is -0.123. The number of rotatable bonds is 9. The van der Waals surface area contributed by atoms with Crippen LogP contribution in [0.5, 0.6) is 11.5 Å². The van der Waals surface area contributed by atoms with Gasteiger partial charge in [-0.3, -0.25) is 4.79 Å². The summed E-state index contributed by atoms with van der Waals surface area (Å²) in [4.78, 5) is 12.1. The van der Waals surface area contributed by atoms with Crippen LogP contribution in [-0.2, 0) is 11.4 Å². The van der Waals surface area contributed by atoms with E-state index in [2.05, 4.69) is 54.5 Å². The quantitative estimate of drug-likeness (QED) is 0.210. The van der Waals surface area contributed by atoms with Gasteiger partial charge in [-0.2, -0.15) is 5.10 Å². The van der Waals surface area contributed by atoms with Crippen molar-refractivity contribution in [1.29, 1.82) is 0 Å². The summed E-state index contributed by atoms with van der Waals surface area (Å²) >= 11 is 11.0. The highest BCUT2D eigenvalue weighted by Crippen LogP contribution is 2.45. The summed E-state index contributed by atoms with van der Waals surface area (Å²) in [6, 6.07) is 21.6. The summed E-state index contributed by atoms with van der Waals surface area (Å²) in [6.07, 6.45) is 1.57. The van der Waals surface area contributed by atoms with Gasteiger partial charge in [0.25, 0.3) is 5.91 Å². The number of ether oxygens (including phenoxy) is 2. The smallest absolute Gasteiger partial charge is 0.277 e. The Morgan fingerprint density at radius 3 is 2.35 bits per heavy atom. The monoisotopic (exact) mass is 620 g/mol. The minimum Gasteiger partial charge on any atom is -0.487 e. The highest BCUT2D eigenvalue weighted by molar-refractivity contribution is 9.11. The number of hydrogen-bond acceptors (Lipinski definition) is 6. The minimum atomic E-state index is -0.330. The van der Waals surface area contributed by atoms with Crippen molar-refractivity contribution >= 4 is 67.5 Å². The standard InChI is InChI=1S/C25H22Br2N2O3S2/c26-21-12-18(13-22(27)24(21)32-15-17-4-2-1-3-5-17)14-28-29-23(30)16-31-20-8-6-19(7-9-20)25-33-10-11-34-25/h1-9,12-14,25H,10-11,15-16H2,(H,29,30)/b28-14-. The average molecular weight is 622 g/mol. The fraction of sp³-hybridized carbons (Fsp3) is 0.200. The van der Waals surface area contributed by atoms with E-state index >= 15 is 0 Å². The second kappa shape index (κ2) is 12.7. The van der Waals surface area contributed by atoms with Gasteiger partial charge in [0.15, 0.2) is 6.61 Å². The van der Waals surface area contributed by atoms with Crippen molar-refractivity contribution in [2.24, 2.45) is 5.10 Å². The molecule has 34 heavy (non-hydrogen) atoms. The highest BCUT2D eigenvalue weighted by Gasteiger charge is 2.18. The third-order valence-corrected chi connectivity index (χ3v) is 9.08. The number of benzene rings is 3. The lowest BCUT2D eigenvalue weighted by atomic mass is 10.2. The number of halogens is 2. The molecule has 0 atom stereocenters. The maximum atomic E-state index is 12.1. The molecule has 0 bridgehead atoms. The Morgan fingerprint density at radius 1 is 1.00 bits per heavy atom. The zero-order valence-corrected chi connectivity index (χ0v) is 22.9. The molecular weight excluding hydrogens is 600 g/mol. The van der Waals surface area contributed by atoms with Gasteiger partial charge in [0.2, 0.25) is 0 Å². The van der Waals surface area contributed by atoms with E-state index in [9.17, 15) is 4.79 Å². The molecule has 0 saturated carbocycles. The summed E-state index contributed by atoms with van der Waals surface area (Å²) < 4.78 is 13.6. The van der Waals surface area contributed by atoms with Gasteiger partial charge < -0.3 is 9.47 Å². The zero-order chi connectivity index (χ0) is 23.8. The van der Waals surface area contributed by atoms with E-state index in [1.165, 1.54) is 17.1 Å². The van der Waals surface area contributed by atoms with Crippen molar-refractivity contribution in [3.05, 3.63) is 92.4 Å². The molecule has 0 aromatic heterocycles. The number of amides is 1. The van der Waals surface area contributed by atoms with Crippen LogP contribution in [0.4, 0.5) is 0 Å². The van der Waals surface area contributed by atoms with Crippen LogP contribution in [0.25, 0.3) is 0 Å². The van der Waals surface area contributed by atoms with E-state index in [0.29, 0.717) is 22.7 Å². The van der Waals surface area contributed by atoms with E-state index in [0.717, 1.165) is 20.1 Å². The van der Waals surface area contributed by atoms with Crippen LogP contribution < -0.4 is 14.9 Å². The number of thioether (sulfide) groups is 2. The molecule has 5 nitrogen and oxygen atoms in total. The summed E-state index contributed by atoms with van der Waals surface area (Å²) in [5, 5.41) is 4.03. The SMILES string of the molecule is O=C(COc1ccc(C2SCCS2)cc1)N/N=C\c1cc(Br)c(OCc2ccccc2)c(Br)c1. The molecule has 1 aliphatic heterocycles. The van der Waals surface area contributed by atoms with Crippen LogP contribution in [-0.4, -0.2) is 30.2 Å². The molecule has 1 N–H and O–H groups in total. The fourth-order valence-electron chi connectivity index (χ4n) is 3.15. The van der Waals surface area contributed by atoms with E-state index in [-0.39, 0.29) is 12.5 Å². The normalized spacial score (nSPS) is 13.8. The van der Waals surface area contributed by atoms with Gasteiger partial charge in [0.05, 0.1) is 19.7 Å².